The van der Waals surface area contributed by atoms with Gasteiger partial charge in [-0.25, -0.2) is 0 Å². The summed E-state index contributed by atoms with van der Waals surface area (Å²) >= 11 is 0. The van der Waals surface area contributed by atoms with E-state index < -0.39 is 0 Å². The van der Waals surface area contributed by atoms with Gasteiger partial charge in [0.1, 0.15) is 13.2 Å². The molecule has 2 aliphatic heterocycles. The van der Waals surface area contributed by atoms with Crippen molar-refractivity contribution in [1.29, 1.82) is 0 Å². The van der Waals surface area contributed by atoms with Crippen LogP contribution in [0.15, 0.2) is 18.2 Å². The second-order valence-electron chi connectivity index (χ2n) is 6.63. The Balaban J connectivity index is 1.45. The lowest BCUT2D eigenvalue weighted by molar-refractivity contribution is -0.133. The van der Waals surface area contributed by atoms with Gasteiger partial charge in [-0.15, -0.1) is 0 Å². The number of nitrogens with one attached hydrogen (secondary N) is 1. The quantitative estimate of drug-likeness (QED) is 0.859. The first-order chi connectivity index (χ1) is 12.1. The van der Waals surface area contributed by atoms with Gasteiger partial charge in [0.15, 0.2) is 11.5 Å². The highest BCUT2D eigenvalue weighted by Gasteiger charge is 2.18. The highest BCUT2D eigenvalue weighted by atomic mass is 16.6. The molecule has 2 aliphatic rings. The van der Waals surface area contributed by atoms with Gasteiger partial charge < -0.3 is 19.7 Å². The molecule has 6 heteroatoms. The molecule has 3 rings (SSSR count). The number of hydrogen-bond donors (Lipinski definition) is 1. The van der Waals surface area contributed by atoms with Gasteiger partial charge >= 0.3 is 0 Å². The number of rotatable bonds is 6. The monoisotopic (exact) mass is 346 g/mol. The zero-order valence-corrected chi connectivity index (χ0v) is 14.8. The zero-order chi connectivity index (χ0) is 17.6. The molecule has 1 saturated heterocycles. The van der Waals surface area contributed by atoms with E-state index in [9.17, 15) is 9.59 Å². The predicted molar refractivity (Wildman–Crippen MR) is 93.7 cm³/mol. The molecule has 0 aromatic heterocycles. The maximum absolute atomic E-state index is 12.2. The summed E-state index contributed by atoms with van der Waals surface area (Å²) in [4.78, 5) is 25.8. The third-order valence-corrected chi connectivity index (χ3v) is 4.70. The Bertz CT molecular complexity index is 632. The summed E-state index contributed by atoms with van der Waals surface area (Å²) in [5.74, 6) is 1.70. The Morgan fingerprint density at radius 1 is 1.24 bits per heavy atom. The topological polar surface area (TPSA) is 67.9 Å². The average molecular weight is 346 g/mol. The fourth-order valence-electron chi connectivity index (χ4n) is 3.25. The van der Waals surface area contributed by atoms with E-state index in [0.717, 1.165) is 36.4 Å². The maximum Gasteiger partial charge on any atom is 0.222 e. The molecule has 0 saturated carbocycles. The summed E-state index contributed by atoms with van der Waals surface area (Å²) < 4.78 is 11.1. The fraction of sp³-hybridized carbons (Fsp3) is 0.579. The van der Waals surface area contributed by atoms with Gasteiger partial charge in [0.25, 0.3) is 0 Å². The van der Waals surface area contributed by atoms with E-state index in [-0.39, 0.29) is 17.9 Å². The van der Waals surface area contributed by atoms with Gasteiger partial charge in [0, 0.05) is 25.9 Å². The summed E-state index contributed by atoms with van der Waals surface area (Å²) in [6, 6.07) is 5.66. The molecular weight excluding hydrogens is 320 g/mol. The van der Waals surface area contributed by atoms with Gasteiger partial charge in [-0.1, -0.05) is 6.07 Å². The van der Waals surface area contributed by atoms with Gasteiger partial charge in [0.2, 0.25) is 11.8 Å². The number of fused-ring (bicyclic) bond motifs is 1. The molecule has 2 heterocycles. The third-order valence-electron chi connectivity index (χ3n) is 4.70. The van der Waals surface area contributed by atoms with E-state index in [2.05, 4.69) is 5.32 Å². The van der Waals surface area contributed by atoms with E-state index in [4.69, 9.17) is 9.47 Å². The van der Waals surface area contributed by atoms with Crippen molar-refractivity contribution in [2.24, 2.45) is 0 Å². The Morgan fingerprint density at radius 2 is 2.04 bits per heavy atom. The number of likely N-dealkylation sites (tertiary alicyclic amines) is 1. The Kier molecular flexibility index (Phi) is 5.79. The second-order valence-corrected chi connectivity index (χ2v) is 6.63. The van der Waals surface area contributed by atoms with Gasteiger partial charge in [-0.3, -0.25) is 9.59 Å². The number of piperidine rings is 1. The fourth-order valence-corrected chi connectivity index (χ4v) is 3.25. The molecule has 136 valence electrons. The van der Waals surface area contributed by atoms with Crippen LogP contribution in [-0.4, -0.2) is 43.0 Å². The minimum absolute atomic E-state index is 0.00634. The second kappa shape index (κ2) is 8.23. The van der Waals surface area contributed by atoms with E-state index in [1.165, 1.54) is 0 Å². The minimum Gasteiger partial charge on any atom is -0.486 e. The summed E-state index contributed by atoms with van der Waals surface area (Å²) in [5.41, 5.74) is 0.990. The lowest BCUT2D eigenvalue weighted by Gasteiger charge is -2.26. The Hall–Kier alpha value is -2.24. The first kappa shape index (κ1) is 17.6. The first-order valence-electron chi connectivity index (χ1n) is 9.10. The van der Waals surface area contributed by atoms with Crippen LogP contribution < -0.4 is 14.8 Å². The van der Waals surface area contributed by atoms with Crippen molar-refractivity contribution in [3.8, 4) is 11.5 Å². The van der Waals surface area contributed by atoms with E-state index in [0.29, 0.717) is 39.0 Å². The minimum atomic E-state index is -0.0973. The highest BCUT2D eigenvalue weighted by Crippen LogP contribution is 2.32. The summed E-state index contributed by atoms with van der Waals surface area (Å²) in [6.07, 6.45) is 3.83. The molecule has 1 aromatic carbocycles. The average Bonchev–Trinajstić information content (AvgIpc) is 2.63. The van der Waals surface area contributed by atoms with Crippen LogP contribution in [0.25, 0.3) is 0 Å². The van der Waals surface area contributed by atoms with Crippen LogP contribution in [0.5, 0.6) is 11.5 Å². The van der Waals surface area contributed by atoms with Gasteiger partial charge in [-0.05, 0) is 43.9 Å². The molecule has 1 atom stereocenters. The standard InChI is InChI=1S/C19H26N2O4/c1-14(15-7-8-16-17(13-15)25-12-11-24-16)20-18(22)5-4-10-21-9-3-2-6-19(21)23/h7-8,13-14H,2-6,9-12H2,1H3,(H,20,22). The number of carbonyl (C=O) groups is 2. The lowest BCUT2D eigenvalue weighted by Crippen LogP contribution is -2.36. The smallest absolute Gasteiger partial charge is 0.222 e. The molecule has 25 heavy (non-hydrogen) atoms. The third kappa shape index (κ3) is 4.65. The summed E-state index contributed by atoms with van der Waals surface area (Å²) in [6.45, 7) is 4.57. The lowest BCUT2D eigenvalue weighted by atomic mass is 10.1. The number of carbonyl (C=O) groups excluding carboxylic acids is 2. The van der Waals surface area contributed by atoms with Crippen LogP contribution >= 0.6 is 0 Å². The summed E-state index contributed by atoms with van der Waals surface area (Å²) in [5, 5.41) is 3.01. The van der Waals surface area contributed by atoms with Crippen molar-refractivity contribution in [2.45, 2.75) is 45.1 Å². The van der Waals surface area contributed by atoms with Crippen LogP contribution in [0.3, 0.4) is 0 Å². The Morgan fingerprint density at radius 3 is 2.84 bits per heavy atom. The van der Waals surface area contributed by atoms with E-state index in [1.807, 2.05) is 30.0 Å². The van der Waals surface area contributed by atoms with Gasteiger partial charge in [-0.2, -0.15) is 0 Å². The largest absolute Gasteiger partial charge is 0.486 e. The molecule has 1 aromatic rings. The number of hydrogen-bond acceptors (Lipinski definition) is 4. The van der Waals surface area contributed by atoms with Crippen LogP contribution in [0.2, 0.25) is 0 Å². The van der Waals surface area contributed by atoms with E-state index >= 15 is 0 Å². The van der Waals surface area contributed by atoms with Crippen LogP contribution in [-0.2, 0) is 9.59 Å². The molecular formula is C19H26N2O4. The maximum atomic E-state index is 12.2. The van der Waals surface area contributed by atoms with Crippen molar-refractivity contribution in [3.05, 3.63) is 23.8 Å². The first-order valence-corrected chi connectivity index (χ1v) is 9.10. The van der Waals surface area contributed by atoms with Crippen molar-refractivity contribution < 1.29 is 19.1 Å². The van der Waals surface area contributed by atoms with Crippen molar-refractivity contribution in [3.63, 3.8) is 0 Å². The molecule has 1 unspecified atom stereocenters. The number of ether oxygens (including phenoxy) is 2. The van der Waals surface area contributed by atoms with Crippen molar-refractivity contribution in [1.82, 2.24) is 10.2 Å². The van der Waals surface area contributed by atoms with E-state index in [1.54, 1.807) is 0 Å². The Labute approximate surface area is 148 Å². The van der Waals surface area contributed by atoms with Crippen LogP contribution in [0, 0.1) is 0 Å². The van der Waals surface area contributed by atoms with Crippen LogP contribution in [0.1, 0.15) is 50.6 Å². The molecule has 0 aliphatic carbocycles. The molecule has 0 radical (unpaired) electrons. The normalized spacial score (nSPS) is 18.0. The molecule has 0 spiro atoms. The molecule has 2 amide bonds. The number of benzene rings is 1. The molecule has 0 bridgehead atoms. The van der Waals surface area contributed by atoms with Gasteiger partial charge in [0.05, 0.1) is 6.04 Å². The van der Waals surface area contributed by atoms with Crippen molar-refractivity contribution >= 4 is 11.8 Å². The molecule has 6 nitrogen and oxygen atoms in total. The molecule has 1 N–H and O–H groups in total. The summed E-state index contributed by atoms with van der Waals surface area (Å²) in [7, 11) is 0. The van der Waals surface area contributed by atoms with Crippen LogP contribution in [0.4, 0.5) is 0 Å². The zero-order valence-electron chi connectivity index (χ0n) is 14.8. The SMILES string of the molecule is CC(NC(=O)CCCN1CCCCC1=O)c1ccc2c(c1)OCCO2. The number of amides is 2. The number of nitrogens with zero attached hydrogens (tertiary/aromatic N) is 1. The van der Waals surface area contributed by atoms with Crippen molar-refractivity contribution in [2.75, 3.05) is 26.3 Å². The molecule has 1 fully saturated rings. The predicted octanol–water partition coefficient (Wildman–Crippen LogP) is 2.43. The highest BCUT2D eigenvalue weighted by molar-refractivity contribution is 5.77.